The van der Waals surface area contributed by atoms with E-state index in [1.807, 2.05) is 20.2 Å². The Balaban J connectivity index is 1.67. The van der Waals surface area contributed by atoms with E-state index in [2.05, 4.69) is 20.2 Å². The van der Waals surface area contributed by atoms with Crippen LogP contribution in [-0.2, 0) is 27.1 Å². The summed E-state index contributed by atoms with van der Waals surface area (Å²) in [4.78, 5) is 41.4. The van der Waals surface area contributed by atoms with Crippen molar-refractivity contribution in [3.05, 3.63) is 64.0 Å². The summed E-state index contributed by atoms with van der Waals surface area (Å²) in [5, 5.41) is 7.98. The van der Waals surface area contributed by atoms with Gasteiger partial charge in [0.2, 0.25) is 11.7 Å². The summed E-state index contributed by atoms with van der Waals surface area (Å²) in [6.07, 6.45) is 8.02. The zero-order chi connectivity index (χ0) is 25.1. The highest BCUT2D eigenvalue weighted by atomic mass is 16.5. The number of aryl methyl sites for hydroxylation is 2. The lowest BCUT2D eigenvalue weighted by Crippen LogP contribution is -2.32. The third-order valence-electron chi connectivity index (χ3n) is 5.34. The van der Waals surface area contributed by atoms with Gasteiger partial charge < -0.3 is 14.2 Å². The van der Waals surface area contributed by atoms with Crippen LogP contribution in [0.25, 0.3) is 11.3 Å². The fourth-order valence-electron chi connectivity index (χ4n) is 3.74. The summed E-state index contributed by atoms with van der Waals surface area (Å²) < 4.78 is 13.4. The first-order valence-electron chi connectivity index (χ1n) is 11.0. The standard InChI is InChI=1S/C23H26N8O4/c1-6-34-21-20(19(32)7-15-8-25-35-13-15)27-23(31(5)22(21)33)29(3)11-16-9-24-10-18(26-16)17-12-30(4)28-14(17)2/h8-10,12-13H,6-7,11H2,1-5H3. The number of hydrogen-bond acceptors (Lipinski definition) is 10. The van der Waals surface area contributed by atoms with Gasteiger partial charge in [0.25, 0.3) is 5.56 Å². The summed E-state index contributed by atoms with van der Waals surface area (Å²) >= 11 is 0. The van der Waals surface area contributed by atoms with E-state index in [0.717, 1.165) is 11.3 Å². The maximum atomic E-state index is 13.1. The van der Waals surface area contributed by atoms with Crippen LogP contribution >= 0.6 is 0 Å². The van der Waals surface area contributed by atoms with Crippen LogP contribution in [-0.4, -0.2) is 53.9 Å². The number of Topliss-reactive ketones (excluding diaryl/α,β-unsaturated/α-hetero) is 1. The molecule has 0 aliphatic rings. The van der Waals surface area contributed by atoms with E-state index in [9.17, 15) is 9.59 Å². The maximum Gasteiger partial charge on any atom is 0.297 e. The molecule has 0 saturated carbocycles. The molecule has 35 heavy (non-hydrogen) atoms. The van der Waals surface area contributed by atoms with Crippen molar-refractivity contribution in [1.29, 1.82) is 0 Å². The number of rotatable bonds is 9. The Morgan fingerprint density at radius 3 is 2.66 bits per heavy atom. The largest absolute Gasteiger partial charge is 0.486 e. The van der Waals surface area contributed by atoms with Crippen molar-refractivity contribution in [2.45, 2.75) is 26.8 Å². The van der Waals surface area contributed by atoms with Crippen molar-refractivity contribution in [3.8, 4) is 17.0 Å². The first-order chi connectivity index (χ1) is 16.8. The monoisotopic (exact) mass is 478 g/mol. The van der Waals surface area contributed by atoms with Crippen LogP contribution in [0.5, 0.6) is 5.75 Å². The SMILES string of the molecule is CCOc1c(C(=O)Cc2cnoc2)nc(N(C)Cc2cncc(-c3cn(C)nc3C)n2)n(C)c1=O. The number of ether oxygens (including phenoxy) is 1. The number of carbonyl (C=O) groups is 1. The lowest BCUT2D eigenvalue weighted by Gasteiger charge is -2.22. The summed E-state index contributed by atoms with van der Waals surface area (Å²) in [5.41, 5.74) is 3.17. The van der Waals surface area contributed by atoms with Crippen molar-refractivity contribution < 1.29 is 14.1 Å². The number of carbonyl (C=O) groups excluding carboxylic acids is 1. The van der Waals surface area contributed by atoms with E-state index >= 15 is 0 Å². The number of nitrogens with zero attached hydrogens (tertiary/aromatic N) is 8. The van der Waals surface area contributed by atoms with Crippen LogP contribution in [0.2, 0.25) is 0 Å². The zero-order valence-corrected chi connectivity index (χ0v) is 20.2. The summed E-state index contributed by atoms with van der Waals surface area (Å²) in [7, 11) is 5.20. The van der Waals surface area contributed by atoms with Crippen LogP contribution in [0.15, 0.2) is 40.4 Å². The van der Waals surface area contributed by atoms with E-state index in [1.54, 1.807) is 43.0 Å². The van der Waals surface area contributed by atoms with Crippen LogP contribution in [0, 0.1) is 6.92 Å². The fourth-order valence-corrected chi connectivity index (χ4v) is 3.74. The van der Waals surface area contributed by atoms with Crippen molar-refractivity contribution in [2.24, 2.45) is 14.1 Å². The molecule has 4 rings (SSSR count). The van der Waals surface area contributed by atoms with Crippen LogP contribution in [0.3, 0.4) is 0 Å². The molecule has 0 aliphatic carbocycles. The normalized spacial score (nSPS) is 11.0. The van der Waals surface area contributed by atoms with Gasteiger partial charge in [0.15, 0.2) is 11.5 Å². The minimum Gasteiger partial charge on any atom is -0.486 e. The number of ketones is 1. The van der Waals surface area contributed by atoms with Gasteiger partial charge in [-0.05, 0) is 13.8 Å². The van der Waals surface area contributed by atoms with Gasteiger partial charge >= 0.3 is 0 Å². The fraction of sp³-hybridized carbons (Fsp3) is 0.348. The van der Waals surface area contributed by atoms with Crippen molar-refractivity contribution in [2.75, 3.05) is 18.6 Å². The third-order valence-corrected chi connectivity index (χ3v) is 5.34. The van der Waals surface area contributed by atoms with Gasteiger partial charge in [-0.2, -0.15) is 5.10 Å². The Kier molecular flexibility index (Phi) is 6.71. The Bertz CT molecular complexity index is 1410. The first kappa shape index (κ1) is 23.8. The van der Waals surface area contributed by atoms with Gasteiger partial charge in [0.1, 0.15) is 6.26 Å². The molecular formula is C23H26N8O4. The second kappa shape index (κ2) is 9.87. The molecule has 0 atom stereocenters. The molecule has 4 aromatic rings. The smallest absolute Gasteiger partial charge is 0.297 e. The Labute approximate surface area is 201 Å². The Morgan fingerprint density at radius 1 is 1.20 bits per heavy atom. The predicted octanol–water partition coefficient (Wildman–Crippen LogP) is 1.73. The average molecular weight is 479 g/mol. The van der Waals surface area contributed by atoms with E-state index in [-0.39, 0.29) is 36.2 Å². The van der Waals surface area contributed by atoms with E-state index in [4.69, 9.17) is 14.2 Å². The highest BCUT2D eigenvalue weighted by molar-refractivity contribution is 5.98. The lowest BCUT2D eigenvalue weighted by molar-refractivity contribution is 0.0983. The number of hydrogen-bond donors (Lipinski definition) is 0. The van der Waals surface area contributed by atoms with Crippen LogP contribution in [0.4, 0.5) is 5.95 Å². The Morgan fingerprint density at radius 2 is 2.00 bits per heavy atom. The van der Waals surface area contributed by atoms with Crippen LogP contribution < -0.4 is 15.2 Å². The molecule has 0 unspecified atom stereocenters. The third kappa shape index (κ3) is 4.95. The van der Waals surface area contributed by atoms with Gasteiger partial charge in [0, 0.05) is 44.9 Å². The minimum atomic E-state index is -0.455. The lowest BCUT2D eigenvalue weighted by atomic mass is 10.1. The van der Waals surface area contributed by atoms with Gasteiger partial charge in [-0.15, -0.1) is 0 Å². The van der Waals surface area contributed by atoms with Crippen LogP contribution in [0.1, 0.15) is 34.4 Å². The van der Waals surface area contributed by atoms with Gasteiger partial charge in [0.05, 0.1) is 48.8 Å². The Hall–Kier alpha value is -4.35. The molecule has 4 heterocycles. The topological polar surface area (TPSA) is 134 Å². The summed E-state index contributed by atoms with van der Waals surface area (Å²) in [5.74, 6) is -0.169. The first-order valence-corrected chi connectivity index (χ1v) is 11.0. The van der Waals surface area contributed by atoms with Gasteiger partial charge in [-0.1, -0.05) is 5.16 Å². The molecule has 12 heteroatoms. The molecule has 0 spiro atoms. The van der Waals surface area contributed by atoms with Gasteiger partial charge in [-0.3, -0.25) is 23.8 Å². The van der Waals surface area contributed by atoms with Crippen molar-refractivity contribution in [1.82, 2.24) is 34.5 Å². The molecule has 0 aromatic carbocycles. The molecule has 182 valence electrons. The molecule has 4 aromatic heterocycles. The number of aromatic nitrogens is 7. The van der Waals surface area contributed by atoms with E-state index in [1.165, 1.54) is 17.0 Å². The second-order valence-electron chi connectivity index (χ2n) is 8.07. The molecule has 0 radical (unpaired) electrons. The molecule has 0 fully saturated rings. The molecular weight excluding hydrogens is 452 g/mol. The predicted molar refractivity (Wildman–Crippen MR) is 126 cm³/mol. The molecule has 0 N–H and O–H groups in total. The van der Waals surface area contributed by atoms with Crippen molar-refractivity contribution in [3.63, 3.8) is 0 Å². The highest BCUT2D eigenvalue weighted by Gasteiger charge is 2.24. The van der Waals surface area contributed by atoms with Gasteiger partial charge in [-0.25, -0.2) is 9.97 Å². The molecule has 0 aliphatic heterocycles. The van der Waals surface area contributed by atoms with E-state index in [0.29, 0.717) is 23.5 Å². The highest BCUT2D eigenvalue weighted by Crippen LogP contribution is 2.22. The van der Waals surface area contributed by atoms with Crippen molar-refractivity contribution >= 4 is 11.7 Å². The zero-order valence-electron chi connectivity index (χ0n) is 20.2. The number of anilines is 1. The summed E-state index contributed by atoms with van der Waals surface area (Å²) in [6, 6.07) is 0. The quantitative estimate of drug-likeness (QED) is 0.327. The maximum absolute atomic E-state index is 13.1. The molecule has 12 nitrogen and oxygen atoms in total. The molecule has 0 saturated heterocycles. The van der Waals surface area contributed by atoms with E-state index < -0.39 is 5.56 Å². The minimum absolute atomic E-state index is 0.0229. The average Bonchev–Trinajstić information content (AvgIpc) is 3.45. The molecule has 0 amide bonds. The second-order valence-corrected chi connectivity index (χ2v) is 8.07. The summed E-state index contributed by atoms with van der Waals surface area (Å²) in [6.45, 7) is 4.17. The molecule has 0 bridgehead atoms.